The van der Waals surface area contributed by atoms with E-state index < -0.39 is 30.4 Å². The summed E-state index contributed by atoms with van der Waals surface area (Å²) in [5, 5.41) is 17.2. The maximum Gasteiger partial charge on any atom is 0.345 e. The second kappa shape index (κ2) is 6.95. The molecular formula is C13H12O6. The summed E-state index contributed by atoms with van der Waals surface area (Å²) in [6.45, 7) is 0. The smallest absolute Gasteiger partial charge is 0.345 e. The first kappa shape index (κ1) is 14.4. The third-order valence-corrected chi connectivity index (χ3v) is 2.11. The van der Waals surface area contributed by atoms with E-state index in [0.717, 1.165) is 11.6 Å². The zero-order chi connectivity index (χ0) is 14.3. The van der Waals surface area contributed by atoms with Crippen molar-refractivity contribution in [2.45, 2.75) is 12.5 Å². The van der Waals surface area contributed by atoms with Gasteiger partial charge in [-0.1, -0.05) is 30.3 Å². The van der Waals surface area contributed by atoms with E-state index in [0.29, 0.717) is 0 Å². The summed E-state index contributed by atoms with van der Waals surface area (Å²) in [5.41, 5.74) is 0.740. The average Bonchev–Trinajstić information content (AvgIpc) is 2.36. The molecule has 100 valence electrons. The second-order valence-electron chi connectivity index (χ2n) is 3.61. The van der Waals surface area contributed by atoms with Crippen molar-refractivity contribution in [3.8, 4) is 0 Å². The molecule has 0 aliphatic heterocycles. The average molecular weight is 264 g/mol. The number of carbonyl (C=O) groups is 3. The number of carbonyl (C=O) groups excluding carboxylic acids is 1. The van der Waals surface area contributed by atoms with Crippen LogP contribution >= 0.6 is 0 Å². The fourth-order valence-corrected chi connectivity index (χ4v) is 1.25. The predicted molar refractivity (Wildman–Crippen MR) is 65.2 cm³/mol. The minimum Gasteiger partial charge on any atom is -0.481 e. The van der Waals surface area contributed by atoms with Crippen molar-refractivity contribution in [1.82, 2.24) is 0 Å². The third kappa shape index (κ3) is 5.49. The van der Waals surface area contributed by atoms with Crippen LogP contribution in [0.5, 0.6) is 0 Å². The molecule has 6 nitrogen and oxygen atoms in total. The molecule has 19 heavy (non-hydrogen) atoms. The number of aliphatic carboxylic acids is 2. The van der Waals surface area contributed by atoms with Gasteiger partial charge in [0.1, 0.15) is 0 Å². The highest BCUT2D eigenvalue weighted by Crippen LogP contribution is 2.04. The number of ether oxygens (including phenoxy) is 1. The number of hydrogen-bond donors (Lipinski definition) is 2. The number of benzene rings is 1. The summed E-state index contributed by atoms with van der Waals surface area (Å²) < 4.78 is 4.54. The highest BCUT2D eigenvalue weighted by atomic mass is 16.6. The van der Waals surface area contributed by atoms with Gasteiger partial charge in [0.2, 0.25) is 6.10 Å². The minimum absolute atomic E-state index is 0.740. The van der Waals surface area contributed by atoms with Gasteiger partial charge in [0, 0.05) is 6.08 Å². The molecule has 0 aliphatic rings. The van der Waals surface area contributed by atoms with Crippen LogP contribution in [0.3, 0.4) is 0 Å². The van der Waals surface area contributed by atoms with Crippen molar-refractivity contribution < 1.29 is 29.3 Å². The Bertz CT molecular complexity index is 491. The maximum absolute atomic E-state index is 11.3. The summed E-state index contributed by atoms with van der Waals surface area (Å²) in [6, 6.07) is 8.85. The van der Waals surface area contributed by atoms with E-state index in [2.05, 4.69) is 4.74 Å². The largest absolute Gasteiger partial charge is 0.481 e. The van der Waals surface area contributed by atoms with Gasteiger partial charge in [-0.3, -0.25) is 4.79 Å². The zero-order valence-electron chi connectivity index (χ0n) is 9.85. The van der Waals surface area contributed by atoms with Crippen molar-refractivity contribution in [2.75, 3.05) is 0 Å². The van der Waals surface area contributed by atoms with Crippen LogP contribution < -0.4 is 0 Å². The Morgan fingerprint density at radius 2 is 1.79 bits per heavy atom. The Morgan fingerprint density at radius 3 is 2.32 bits per heavy atom. The molecule has 2 N–H and O–H groups in total. The molecule has 1 atom stereocenters. The van der Waals surface area contributed by atoms with Gasteiger partial charge in [0.25, 0.3) is 0 Å². The van der Waals surface area contributed by atoms with E-state index in [-0.39, 0.29) is 0 Å². The Kier molecular flexibility index (Phi) is 5.28. The quantitative estimate of drug-likeness (QED) is 0.590. The highest BCUT2D eigenvalue weighted by molar-refractivity contribution is 5.90. The number of esters is 1. The van der Waals surface area contributed by atoms with Gasteiger partial charge in [-0.15, -0.1) is 0 Å². The molecule has 0 saturated heterocycles. The van der Waals surface area contributed by atoms with Crippen molar-refractivity contribution in [1.29, 1.82) is 0 Å². The molecule has 1 rings (SSSR count). The summed E-state index contributed by atoms with van der Waals surface area (Å²) in [7, 11) is 0. The van der Waals surface area contributed by atoms with Crippen LogP contribution in [-0.4, -0.2) is 34.2 Å². The molecule has 1 aromatic carbocycles. The van der Waals surface area contributed by atoms with Crippen molar-refractivity contribution in [3.05, 3.63) is 42.0 Å². The van der Waals surface area contributed by atoms with E-state index >= 15 is 0 Å². The Balaban J connectivity index is 2.60. The molecule has 0 fully saturated rings. The van der Waals surface area contributed by atoms with Crippen LogP contribution in [0.15, 0.2) is 36.4 Å². The number of hydrogen-bond acceptors (Lipinski definition) is 4. The SMILES string of the molecule is O=C(O)CC(OC(=O)C=Cc1ccccc1)C(=O)O. The Morgan fingerprint density at radius 1 is 1.16 bits per heavy atom. The lowest BCUT2D eigenvalue weighted by molar-refractivity contribution is -0.164. The lowest BCUT2D eigenvalue weighted by Crippen LogP contribution is -2.28. The summed E-state index contributed by atoms with van der Waals surface area (Å²) in [6.07, 6.45) is 0.0282. The molecule has 6 heteroatoms. The molecule has 0 aliphatic carbocycles. The molecule has 0 aromatic heterocycles. The van der Waals surface area contributed by atoms with E-state index in [4.69, 9.17) is 10.2 Å². The van der Waals surface area contributed by atoms with Crippen molar-refractivity contribution in [3.63, 3.8) is 0 Å². The molecule has 1 aromatic rings. The summed E-state index contributed by atoms with van der Waals surface area (Å²) in [4.78, 5) is 32.4. The second-order valence-corrected chi connectivity index (χ2v) is 3.61. The normalized spacial score (nSPS) is 12.0. The highest BCUT2D eigenvalue weighted by Gasteiger charge is 2.24. The van der Waals surface area contributed by atoms with Crippen LogP contribution in [0.1, 0.15) is 12.0 Å². The predicted octanol–water partition coefficient (Wildman–Crippen LogP) is 1.17. The van der Waals surface area contributed by atoms with Gasteiger partial charge in [-0.05, 0) is 11.6 Å². The molecule has 0 amide bonds. The number of rotatable bonds is 6. The van der Waals surface area contributed by atoms with E-state index in [1.807, 2.05) is 6.07 Å². The fourth-order valence-electron chi connectivity index (χ4n) is 1.25. The van der Waals surface area contributed by atoms with Crippen molar-refractivity contribution >= 4 is 24.0 Å². The van der Waals surface area contributed by atoms with Crippen LogP contribution in [0, 0.1) is 0 Å². The first-order valence-corrected chi connectivity index (χ1v) is 5.37. The molecule has 0 saturated carbocycles. The molecule has 0 bridgehead atoms. The van der Waals surface area contributed by atoms with Gasteiger partial charge in [0.15, 0.2) is 0 Å². The maximum atomic E-state index is 11.3. The van der Waals surface area contributed by atoms with Gasteiger partial charge < -0.3 is 14.9 Å². The first-order valence-electron chi connectivity index (χ1n) is 5.37. The van der Waals surface area contributed by atoms with Gasteiger partial charge in [0.05, 0.1) is 6.42 Å². The van der Waals surface area contributed by atoms with E-state index in [1.54, 1.807) is 24.3 Å². The Labute approximate surface area is 108 Å². The van der Waals surface area contributed by atoms with Crippen LogP contribution in [0.4, 0.5) is 0 Å². The minimum atomic E-state index is -1.69. The first-order chi connectivity index (χ1) is 8.99. The molecule has 0 radical (unpaired) electrons. The van der Waals surface area contributed by atoms with Gasteiger partial charge in [-0.25, -0.2) is 9.59 Å². The topological polar surface area (TPSA) is 101 Å². The van der Waals surface area contributed by atoms with Crippen LogP contribution in [-0.2, 0) is 19.1 Å². The van der Waals surface area contributed by atoms with E-state index in [9.17, 15) is 14.4 Å². The Hall–Kier alpha value is -2.63. The molecular weight excluding hydrogens is 252 g/mol. The third-order valence-electron chi connectivity index (χ3n) is 2.11. The van der Waals surface area contributed by atoms with Gasteiger partial charge in [-0.2, -0.15) is 0 Å². The van der Waals surface area contributed by atoms with E-state index in [1.165, 1.54) is 6.08 Å². The van der Waals surface area contributed by atoms with Crippen molar-refractivity contribution in [2.24, 2.45) is 0 Å². The van der Waals surface area contributed by atoms with Crippen LogP contribution in [0.25, 0.3) is 6.08 Å². The number of carboxylic acids is 2. The summed E-state index contributed by atoms with van der Waals surface area (Å²) in [5.74, 6) is -3.76. The molecule has 0 heterocycles. The summed E-state index contributed by atoms with van der Waals surface area (Å²) >= 11 is 0. The molecule has 1 unspecified atom stereocenters. The lowest BCUT2D eigenvalue weighted by Gasteiger charge is -2.09. The molecule has 0 spiro atoms. The van der Waals surface area contributed by atoms with Crippen LogP contribution in [0.2, 0.25) is 0 Å². The monoisotopic (exact) mass is 264 g/mol. The van der Waals surface area contributed by atoms with Gasteiger partial charge >= 0.3 is 17.9 Å². The lowest BCUT2D eigenvalue weighted by atomic mass is 10.2. The fraction of sp³-hybridized carbons (Fsp3) is 0.154. The standard InChI is InChI=1S/C13H12O6/c14-11(15)8-10(13(17)18)19-12(16)7-6-9-4-2-1-3-5-9/h1-7,10H,8H2,(H,14,15)(H,17,18). The number of carboxylic acid groups (broad SMARTS) is 2. The zero-order valence-corrected chi connectivity index (χ0v) is 9.85.